The smallest absolute Gasteiger partial charge is 0.338 e. The number of hydrogen-bond donors (Lipinski definition) is 1. The third kappa shape index (κ3) is 4.51. The summed E-state index contributed by atoms with van der Waals surface area (Å²) in [5, 5.41) is 10.0. The highest BCUT2D eigenvalue weighted by molar-refractivity contribution is 5.90. The molecule has 0 saturated carbocycles. The maximum Gasteiger partial charge on any atom is 0.338 e. The number of ether oxygens (including phenoxy) is 4. The van der Waals surface area contributed by atoms with Gasteiger partial charge in [0, 0.05) is 7.11 Å². The molecule has 0 spiro atoms. The van der Waals surface area contributed by atoms with E-state index in [-0.39, 0.29) is 6.61 Å². The summed E-state index contributed by atoms with van der Waals surface area (Å²) in [6.45, 7) is -0.197. The van der Waals surface area contributed by atoms with Gasteiger partial charge < -0.3 is 24.1 Å². The fourth-order valence-electron chi connectivity index (χ4n) is 2.82. The first-order chi connectivity index (χ1) is 13.1. The summed E-state index contributed by atoms with van der Waals surface area (Å²) in [5.74, 6) is -1.12. The molecule has 1 heterocycles. The van der Waals surface area contributed by atoms with E-state index in [9.17, 15) is 14.7 Å². The summed E-state index contributed by atoms with van der Waals surface area (Å²) in [4.78, 5) is 24.5. The number of methoxy groups -OCH3 is 1. The van der Waals surface area contributed by atoms with Crippen LogP contribution in [0, 0.1) is 0 Å². The minimum atomic E-state index is -1.30. The average molecular weight is 372 g/mol. The van der Waals surface area contributed by atoms with Crippen molar-refractivity contribution in [3.05, 3.63) is 71.8 Å². The third-order valence-corrected chi connectivity index (χ3v) is 4.20. The molecule has 0 aliphatic carbocycles. The topological polar surface area (TPSA) is 91.3 Å². The number of carbonyl (C=O) groups is 2. The molecule has 7 heteroatoms. The molecular formula is C20H20O7. The Hall–Kier alpha value is -2.74. The van der Waals surface area contributed by atoms with Crippen LogP contribution in [0.25, 0.3) is 0 Å². The van der Waals surface area contributed by atoms with E-state index in [1.807, 2.05) is 0 Å². The lowest BCUT2D eigenvalue weighted by atomic mass is 10.1. The molecule has 0 bridgehead atoms. The largest absolute Gasteiger partial charge is 0.459 e. The van der Waals surface area contributed by atoms with E-state index in [4.69, 9.17) is 18.9 Å². The molecule has 2 aromatic carbocycles. The second-order valence-corrected chi connectivity index (χ2v) is 5.97. The number of rotatable bonds is 6. The SMILES string of the molecule is CO[C@@H]1[C@H](OC(=O)c2ccccc2)[C@@H](COC(=O)c2ccccc2)O[C@H]1O. The first-order valence-electron chi connectivity index (χ1n) is 8.44. The lowest BCUT2D eigenvalue weighted by molar-refractivity contribution is -0.140. The molecule has 3 rings (SSSR count). The highest BCUT2D eigenvalue weighted by atomic mass is 16.7. The van der Waals surface area contributed by atoms with Gasteiger partial charge in [-0.3, -0.25) is 0 Å². The van der Waals surface area contributed by atoms with Crippen LogP contribution in [0.5, 0.6) is 0 Å². The van der Waals surface area contributed by atoms with Crippen LogP contribution in [0.3, 0.4) is 0 Å². The standard InChI is InChI=1S/C20H20O7/c1-24-17-16(27-19(22)14-10-6-3-7-11-14)15(26-20(17)23)12-25-18(21)13-8-4-2-5-9-13/h2-11,15-17,20,23H,12H2,1H3/t15-,16-,17-,20-/m1/s1. The molecule has 142 valence electrons. The van der Waals surface area contributed by atoms with Crippen molar-refractivity contribution in [1.29, 1.82) is 0 Å². The number of hydrogen-bond acceptors (Lipinski definition) is 7. The van der Waals surface area contributed by atoms with Crippen LogP contribution in [-0.4, -0.2) is 55.4 Å². The number of aliphatic hydroxyl groups excluding tert-OH is 1. The van der Waals surface area contributed by atoms with Gasteiger partial charge in [0.1, 0.15) is 18.8 Å². The number of aliphatic hydroxyl groups is 1. The molecule has 4 atom stereocenters. The molecule has 0 amide bonds. The summed E-state index contributed by atoms with van der Waals surface area (Å²) < 4.78 is 21.3. The Labute approximate surface area is 156 Å². The Kier molecular flexibility index (Phi) is 6.18. The van der Waals surface area contributed by atoms with Crippen molar-refractivity contribution in [2.45, 2.75) is 24.6 Å². The van der Waals surface area contributed by atoms with E-state index < -0.39 is 36.5 Å². The third-order valence-electron chi connectivity index (χ3n) is 4.20. The lowest BCUT2D eigenvalue weighted by Gasteiger charge is -2.22. The predicted octanol–water partition coefficient (Wildman–Crippen LogP) is 1.80. The molecule has 0 unspecified atom stereocenters. The fourth-order valence-corrected chi connectivity index (χ4v) is 2.82. The molecule has 1 N–H and O–H groups in total. The Bertz CT molecular complexity index is 762. The highest BCUT2D eigenvalue weighted by Gasteiger charge is 2.47. The minimum absolute atomic E-state index is 0.197. The molecule has 1 fully saturated rings. The average Bonchev–Trinajstić information content (AvgIpc) is 3.01. The molecule has 0 aromatic heterocycles. The maximum absolute atomic E-state index is 12.4. The Morgan fingerprint density at radius 2 is 1.48 bits per heavy atom. The molecule has 2 aromatic rings. The van der Waals surface area contributed by atoms with Crippen molar-refractivity contribution in [2.75, 3.05) is 13.7 Å². The predicted molar refractivity (Wildman–Crippen MR) is 94.0 cm³/mol. The van der Waals surface area contributed by atoms with Gasteiger partial charge in [0.25, 0.3) is 0 Å². The highest BCUT2D eigenvalue weighted by Crippen LogP contribution is 2.26. The van der Waals surface area contributed by atoms with Crippen LogP contribution in [0.15, 0.2) is 60.7 Å². The first-order valence-corrected chi connectivity index (χ1v) is 8.44. The van der Waals surface area contributed by atoms with Crippen LogP contribution < -0.4 is 0 Å². The molecule has 27 heavy (non-hydrogen) atoms. The quantitative estimate of drug-likeness (QED) is 0.773. The lowest BCUT2D eigenvalue weighted by Crippen LogP contribution is -2.40. The Morgan fingerprint density at radius 3 is 2.04 bits per heavy atom. The second-order valence-electron chi connectivity index (χ2n) is 5.97. The van der Waals surface area contributed by atoms with Gasteiger partial charge in [0.15, 0.2) is 12.4 Å². The van der Waals surface area contributed by atoms with Gasteiger partial charge in [-0.2, -0.15) is 0 Å². The van der Waals surface area contributed by atoms with Crippen LogP contribution in [0.1, 0.15) is 20.7 Å². The zero-order valence-electron chi connectivity index (χ0n) is 14.7. The number of benzene rings is 2. The molecule has 7 nitrogen and oxygen atoms in total. The Morgan fingerprint density at radius 1 is 0.926 bits per heavy atom. The normalized spacial score (nSPS) is 24.4. The number of carbonyl (C=O) groups excluding carboxylic acids is 2. The summed E-state index contributed by atoms with van der Waals surface area (Å²) >= 11 is 0. The van der Waals surface area contributed by atoms with Crippen molar-refractivity contribution in [1.82, 2.24) is 0 Å². The van der Waals surface area contributed by atoms with Gasteiger partial charge in [-0.25, -0.2) is 9.59 Å². The van der Waals surface area contributed by atoms with E-state index in [1.54, 1.807) is 60.7 Å². The summed E-state index contributed by atoms with van der Waals surface area (Å²) in [6.07, 6.45) is -3.98. The maximum atomic E-state index is 12.4. The summed E-state index contributed by atoms with van der Waals surface area (Å²) in [6, 6.07) is 16.9. The molecule has 0 radical (unpaired) electrons. The van der Waals surface area contributed by atoms with Gasteiger partial charge in [-0.05, 0) is 24.3 Å². The molecule has 1 aliphatic rings. The zero-order chi connectivity index (χ0) is 19.2. The van der Waals surface area contributed by atoms with Crippen molar-refractivity contribution in [3.63, 3.8) is 0 Å². The summed E-state index contributed by atoms with van der Waals surface area (Å²) in [5.41, 5.74) is 0.742. The van der Waals surface area contributed by atoms with Crippen molar-refractivity contribution in [3.8, 4) is 0 Å². The van der Waals surface area contributed by atoms with E-state index in [2.05, 4.69) is 0 Å². The fraction of sp³-hybridized carbons (Fsp3) is 0.300. The van der Waals surface area contributed by atoms with Crippen molar-refractivity contribution in [2.24, 2.45) is 0 Å². The van der Waals surface area contributed by atoms with Gasteiger partial charge >= 0.3 is 11.9 Å². The van der Waals surface area contributed by atoms with E-state index in [0.717, 1.165) is 0 Å². The zero-order valence-corrected chi connectivity index (χ0v) is 14.7. The minimum Gasteiger partial charge on any atom is -0.459 e. The Balaban J connectivity index is 1.67. The molecule has 1 saturated heterocycles. The second kappa shape index (κ2) is 8.77. The van der Waals surface area contributed by atoms with E-state index in [1.165, 1.54) is 7.11 Å². The van der Waals surface area contributed by atoms with Crippen LogP contribution in [-0.2, 0) is 18.9 Å². The van der Waals surface area contributed by atoms with E-state index >= 15 is 0 Å². The number of esters is 2. The van der Waals surface area contributed by atoms with Crippen molar-refractivity contribution >= 4 is 11.9 Å². The van der Waals surface area contributed by atoms with Crippen LogP contribution in [0.2, 0.25) is 0 Å². The van der Waals surface area contributed by atoms with Gasteiger partial charge in [-0.15, -0.1) is 0 Å². The van der Waals surface area contributed by atoms with Crippen LogP contribution in [0.4, 0.5) is 0 Å². The van der Waals surface area contributed by atoms with Crippen LogP contribution >= 0.6 is 0 Å². The van der Waals surface area contributed by atoms with Gasteiger partial charge in [0.2, 0.25) is 0 Å². The van der Waals surface area contributed by atoms with Gasteiger partial charge in [-0.1, -0.05) is 36.4 Å². The van der Waals surface area contributed by atoms with Crippen molar-refractivity contribution < 1.29 is 33.6 Å². The molecule has 1 aliphatic heterocycles. The monoisotopic (exact) mass is 372 g/mol. The van der Waals surface area contributed by atoms with E-state index in [0.29, 0.717) is 11.1 Å². The van der Waals surface area contributed by atoms with Gasteiger partial charge in [0.05, 0.1) is 11.1 Å². The summed E-state index contributed by atoms with van der Waals surface area (Å²) in [7, 11) is 1.37. The first kappa shape index (κ1) is 19.0. The molecular weight excluding hydrogens is 352 g/mol.